The molecular formula is C14H21NO2. The Kier molecular flexibility index (Phi) is 3.02. The predicted octanol–water partition coefficient (Wildman–Crippen LogP) is 2.24. The zero-order valence-corrected chi connectivity index (χ0v) is 11.2. The molecule has 3 heteroatoms. The largest absolute Gasteiger partial charge is 0.374 e. The van der Waals surface area contributed by atoms with E-state index in [9.17, 15) is 10.2 Å². The third-order valence-electron chi connectivity index (χ3n) is 4.30. The summed E-state index contributed by atoms with van der Waals surface area (Å²) < 4.78 is 0. The highest BCUT2D eigenvalue weighted by atomic mass is 16.3. The first-order valence-electron chi connectivity index (χ1n) is 6.13. The molecule has 2 rings (SSSR count). The Morgan fingerprint density at radius 2 is 1.18 bits per heavy atom. The third-order valence-corrected chi connectivity index (χ3v) is 4.30. The number of nitrogens with zero attached hydrogens (tertiary/aromatic N) is 1. The molecule has 0 bridgehead atoms. The van der Waals surface area contributed by atoms with E-state index in [0.717, 1.165) is 22.3 Å². The molecule has 0 aliphatic carbocycles. The molecule has 0 radical (unpaired) electrons. The van der Waals surface area contributed by atoms with Crippen molar-refractivity contribution in [2.24, 2.45) is 0 Å². The van der Waals surface area contributed by atoms with Crippen molar-refractivity contribution in [2.45, 2.75) is 47.1 Å². The highest BCUT2D eigenvalue weighted by Gasteiger charge is 2.38. The quantitative estimate of drug-likeness (QED) is 0.784. The molecule has 0 amide bonds. The molecule has 0 fully saturated rings. The fraction of sp³-hybridized carbons (Fsp3) is 0.571. The van der Waals surface area contributed by atoms with Crippen LogP contribution in [0.25, 0.3) is 0 Å². The lowest BCUT2D eigenvalue weighted by molar-refractivity contribution is -0.0811. The Hall–Kier alpha value is -0.900. The Balaban J connectivity index is 2.74. The summed E-state index contributed by atoms with van der Waals surface area (Å²) in [7, 11) is 0. The molecule has 3 nitrogen and oxygen atoms in total. The van der Waals surface area contributed by atoms with Gasteiger partial charge in [-0.1, -0.05) is 6.92 Å². The van der Waals surface area contributed by atoms with Crippen molar-refractivity contribution < 1.29 is 10.2 Å². The van der Waals surface area contributed by atoms with Crippen LogP contribution in [0.5, 0.6) is 0 Å². The van der Waals surface area contributed by atoms with Crippen LogP contribution in [-0.2, 0) is 0 Å². The van der Waals surface area contributed by atoms with Crippen LogP contribution >= 0.6 is 0 Å². The average molecular weight is 235 g/mol. The third kappa shape index (κ3) is 1.53. The zero-order valence-electron chi connectivity index (χ0n) is 11.2. The molecule has 1 aliphatic rings. The molecule has 94 valence electrons. The van der Waals surface area contributed by atoms with Gasteiger partial charge in [-0.25, -0.2) is 4.90 Å². The molecule has 1 aromatic carbocycles. The average Bonchev–Trinajstić information content (AvgIpc) is 2.55. The van der Waals surface area contributed by atoms with Crippen molar-refractivity contribution in [1.82, 2.24) is 4.90 Å². The smallest absolute Gasteiger partial charge is 0.136 e. The van der Waals surface area contributed by atoms with Gasteiger partial charge in [-0.3, -0.25) is 0 Å². The van der Waals surface area contributed by atoms with Crippen molar-refractivity contribution in [3.05, 3.63) is 33.4 Å². The van der Waals surface area contributed by atoms with Crippen LogP contribution in [-0.4, -0.2) is 21.7 Å². The summed E-state index contributed by atoms with van der Waals surface area (Å²) in [6.07, 6.45) is -1.36. The number of hydrogen-bond donors (Lipinski definition) is 2. The van der Waals surface area contributed by atoms with Gasteiger partial charge in [0, 0.05) is 17.7 Å². The van der Waals surface area contributed by atoms with Crippen molar-refractivity contribution >= 4 is 0 Å². The summed E-state index contributed by atoms with van der Waals surface area (Å²) >= 11 is 0. The van der Waals surface area contributed by atoms with Gasteiger partial charge in [0.2, 0.25) is 0 Å². The minimum atomic E-state index is -0.678. The molecule has 0 saturated heterocycles. The fourth-order valence-electron chi connectivity index (χ4n) is 2.85. The summed E-state index contributed by atoms with van der Waals surface area (Å²) in [5, 5.41) is 20.6. The lowest BCUT2D eigenvalue weighted by Gasteiger charge is -2.22. The molecule has 0 aromatic heterocycles. The van der Waals surface area contributed by atoms with Crippen molar-refractivity contribution in [1.29, 1.82) is 0 Å². The van der Waals surface area contributed by atoms with E-state index in [1.165, 1.54) is 11.1 Å². The Labute approximate surface area is 103 Å². The van der Waals surface area contributed by atoms with Crippen LogP contribution in [0.3, 0.4) is 0 Å². The molecular weight excluding hydrogens is 214 g/mol. The van der Waals surface area contributed by atoms with E-state index < -0.39 is 12.5 Å². The number of benzene rings is 1. The summed E-state index contributed by atoms with van der Waals surface area (Å²) in [5.74, 6) is 0. The maximum atomic E-state index is 10.3. The first-order chi connectivity index (χ1) is 7.91. The minimum Gasteiger partial charge on any atom is -0.374 e. The molecule has 1 heterocycles. The van der Waals surface area contributed by atoms with Crippen molar-refractivity contribution in [3.8, 4) is 0 Å². The number of aliphatic hydroxyl groups is 2. The van der Waals surface area contributed by atoms with Crippen LogP contribution in [0.2, 0.25) is 0 Å². The van der Waals surface area contributed by atoms with Gasteiger partial charge in [-0.15, -0.1) is 0 Å². The monoisotopic (exact) mass is 235 g/mol. The SMILES string of the molecule is CCN1C(O)c2c(C)c(C)c(C)c(C)c2C1O. The Morgan fingerprint density at radius 3 is 1.47 bits per heavy atom. The van der Waals surface area contributed by atoms with E-state index in [-0.39, 0.29) is 0 Å². The molecule has 2 unspecified atom stereocenters. The van der Waals surface area contributed by atoms with Gasteiger partial charge in [0.25, 0.3) is 0 Å². The number of hydrogen-bond acceptors (Lipinski definition) is 3. The maximum absolute atomic E-state index is 10.3. The van der Waals surface area contributed by atoms with Crippen molar-refractivity contribution in [2.75, 3.05) is 6.54 Å². The van der Waals surface area contributed by atoms with E-state index in [2.05, 4.69) is 13.8 Å². The molecule has 0 saturated carbocycles. The van der Waals surface area contributed by atoms with Crippen LogP contribution in [0, 0.1) is 27.7 Å². The van der Waals surface area contributed by atoms with Crippen LogP contribution in [0.4, 0.5) is 0 Å². The number of aliphatic hydroxyl groups excluding tert-OH is 2. The molecule has 0 spiro atoms. The van der Waals surface area contributed by atoms with Gasteiger partial charge in [0.15, 0.2) is 0 Å². The summed E-state index contributed by atoms with van der Waals surface area (Å²) in [6.45, 7) is 10.8. The fourth-order valence-corrected chi connectivity index (χ4v) is 2.85. The van der Waals surface area contributed by atoms with Gasteiger partial charge < -0.3 is 10.2 Å². The van der Waals surface area contributed by atoms with Crippen LogP contribution in [0.1, 0.15) is 52.8 Å². The van der Waals surface area contributed by atoms with Gasteiger partial charge >= 0.3 is 0 Å². The molecule has 2 N–H and O–H groups in total. The summed E-state index contributed by atoms with van der Waals surface area (Å²) in [4.78, 5) is 1.71. The maximum Gasteiger partial charge on any atom is 0.136 e. The van der Waals surface area contributed by atoms with Gasteiger partial charge in [-0.05, 0) is 49.9 Å². The highest BCUT2D eigenvalue weighted by molar-refractivity contribution is 5.53. The van der Waals surface area contributed by atoms with Gasteiger partial charge in [0.05, 0.1) is 0 Å². The van der Waals surface area contributed by atoms with E-state index >= 15 is 0 Å². The van der Waals surface area contributed by atoms with Gasteiger partial charge in [-0.2, -0.15) is 0 Å². The van der Waals surface area contributed by atoms with Crippen LogP contribution < -0.4 is 0 Å². The highest BCUT2D eigenvalue weighted by Crippen LogP contribution is 2.44. The van der Waals surface area contributed by atoms with E-state index in [1.807, 2.05) is 20.8 Å². The Bertz CT molecular complexity index is 427. The molecule has 2 atom stereocenters. The summed E-state index contributed by atoms with van der Waals surface area (Å²) in [6, 6.07) is 0. The Morgan fingerprint density at radius 1 is 0.824 bits per heavy atom. The standard InChI is InChI=1S/C14H21NO2/c1-6-15-13(16)11-9(4)7(2)8(3)10(5)12(11)14(15)17/h13-14,16-17H,6H2,1-5H3. The number of rotatable bonds is 1. The van der Waals surface area contributed by atoms with Gasteiger partial charge in [0.1, 0.15) is 12.5 Å². The lowest BCUT2D eigenvalue weighted by Crippen LogP contribution is -2.25. The second-order valence-electron chi connectivity index (χ2n) is 4.91. The second-order valence-corrected chi connectivity index (χ2v) is 4.91. The number of fused-ring (bicyclic) bond motifs is 1. The molecule has 17 heavy (non-hydrogen) atoms. The minimum absolute atomic E-state index is 0.633. The van der Waals surface area contributed by atoms with E-state index in [0.29, 0.717) is 6.54 Å². The molecule has 1 aliphatic heterocycles. The second kappa shape index (κ2) is 4.09. The molecule has 1 aromatic rings. The summed E-state index contributed by atoms with van der Waals surface area (Å²) in [5.41, 5.74) is 6.44. The first-order valence-corrected chi connectivity index (χ1v) is 6.13. The van der Waals surface area contributed by atoms with E-state index in [4.69, 9.17) is 0 Å². The van der Waals surface area contributed by atoms with E-state index in [1.54, 1.807) is 4.90 Å². The normalized spacial score (nSPS) is 24.2. The predicted molar refractivity (Wildman–Crippen MR) is 67.7 cm³/mol. The van der Waals surface area contributed by atoms with Crippen molar-refractivity contribution in [3.63, 3.8) is 0 Å². The van der Waals surface area contributed by atoms with Crippen LogP contribution in [0.15, 0.2) is 0 Å². The topological polar surface area (TPSA) is 43.7 Å². The lowest BCUT2D eigenvalue weighted by atomic mass is 9.89. The first kappa shape index (κ1) is 12.6. The zero-order chi connectivity index (χ0) is 12.9.